The minimum absolute atomic E-state index is 0.0939. The zero-order chi connectivity index (χ0) is 31.1. The van der Waals surface area contributed by atoms with Crippen LogP contribution in [0, 0.1) is 34.5 Å². The lowest BCUT2D eigenvalue weighted by atomic mass is 9.45. The number of hydrogen-bond donors (Lipinski definition) is 5. The van der Waals surface area contributed by atoms with Crippen LogP contribution >= 0.6 is 0 Å². The van der Waals surface area contributed by atoms with E-state index in [1.165, 1.54) is 19.3 Å². The van der Waals surface area contributed by atoms with Crippen molar-refractivity contribution in [2.75, 3.05) is 13.2 Å². The van der Waals surface area contributed by atoms with Crippen molar-refractivity contribution in [2.45, 2.75) is 90.2 Å². The van der Waals surface area contributed by atoms with Gasteiger partial charge >= 0.3 is 5.97 Å². The first-order valence-corrected chi connectivity index (χ1v) is 16.3. The summed E-state index contributed by atoms with van der Waals surface area (Å²) in [6.07, 6.45) is 11.4. The number of oxime groups is 1. The minimum Gasteiger partial charge on any atom is -0.480 e. The van der Waals surface area contributed by atoms with Crippen molar-refractivity contribution >= 4 is 34.4 Å². The van der Waals surface area contributed by atoms with E-state index >= 15 is 0 Å². The second kappa shape index (κ2) is 12.2. The summed E-state index contributed by atoms with van der Waals surface area (Å²) in [4.78, 5) is 45.2. The van der Waals surface area contributed by atoms with Crippen LogP contribution in [0.3, 0.4) is 0 Å². The minimum atomic E-state index is -1.15. The van der Waals surface area contributed by atoms with Gasteiger partial charge in [-0.15, -0.1) is 0 Å². The molecule has 1 heterocycles. The predicted molar refractivity (Wildman–Crippen MR) is 166 cm³/mol. The molecule has 8 atom stereocenters. The van der Waals surface area contributed by atoms with Gasteiger partial charge in [0.25, 0.3) is 5.91 Å². The van der Waals surface area contributed by atoms with E-state index in [9.17, 15) is 24.6 Å². The van der Waals surface area contributed by atoms with Crippen LogP contribution in [0.25, 0.3) is 10.9 Å². The molecule has 0 aliphatic heterocycles. The van der Waals surface area contributed by atoms with Crippen molar-refractivity contribution in [3.8, 4) is 0 Å². The van der Waals surface area contributed by atoms with Crippen LogP contribution in [-0.2, 0) is 25.6 Å². The monoisotopic (exact) mass is 606 g/mol. The van der Waals surface area contributed by atoms with E-state index in [1.807, 2.05) is 24.3 Å². The first-order valence-electron chi connectivity index (χ1n) is 16.3. The summed E-state index contributed by atoms with van der Waals surface area (Å²) in [7, 11) is 0. The standard InChI is InChI=1S/C34H46N4O6/c1-33-13-11-22(16-21(33)7-8-24-25-9-10-29(39)34(25,2)14-12-26(24)33)38-44-19-31(41)36-18-30(40)37-28(32(42)43)15-20-17-35-27-6-4-3-5-23(20)27/h3-6,17,21,24-26,28-29,35,39H,7-16,18-19H2,1-2H3,(H,36,41)(H,37,40)(H,42,43)/b38-22+/t21-,24+,25+,26+,28-,29-,33+,34+/m1/s1. The van der Waals surface area contributed by atoms with E-state index in [0.29, 0.717) is 23.7 Å². The second-order valence-electron chi connectivity index (χ2n) is 14.2. The number of hydrogen-bond acceptors (Lipinski definition) is 6. The van der Waals surface area contributed by atoms with Crippen LogP contribution in [0.2, 0.25) is 0 Å². The van der Waals surface area contributed by atoms with Crippen molar-refractivity contribution in [2.24, 2.45) is 39.7 Å². The molecule has 0 saturated heterocycles. The predicted octanol–water partition coefficient (Wildman–Crippen LogP) is 4.17. The number of H-pyrrole nitrogens is 1. The molecule has 6 rings (SSSR count). The van der Waals surface area contributed by atoms with Crippen LogP contribution < -0.4 is 10.6 Å². The van der Waals surface area contributed by atoms with E-state index in [1.54, 1.807) is 6.20 Å². The van der Waals surface area contributed by atoms with E-state index < -0.39 is 23.8 Å². The molecular formula is C34H46N4O6. The maximum Gasteiger partial charge on any atom is 0.326 e. The van der Waals surface area contributed by atoms with Gasteiger partial charge in [-0.3, -0.25) is 9.59 Å². The molecule has 2 aromatic rings. The van der Waals surface area contributed by atoms with Gasteiger partial charge in [0.2, 0.25) is 5.91 Å². The first kappa shape index (κ1) is 30.6. The Hall–Kier alpha value is -3.40. The lowest BCUT2D eigenvalue weighted by Crippen LogP contribution is -2.54. The van der Waals surface area contributed by atoms with Crippen molar-refractivity contribution in [1.82, 2.24) is 15.6 Å². The number of carboxylic acid groups (broad SMARTS) is 1. The maximum absolute atomic E-state index is 12.5. The smallest absolute Gasteiger partial charge is 0.326 e. The fourth-order valence-electron chi connectivity index (χ4n) is 9.49. The summed E-state index contributed by atoms with van der Waals surface area (Å²) >= 11 is 0. The number of amides is 2. The number of aliphatic hydroxyl groups is 1. The summed E-state index contributed by atoms with van der Waals surface area (Å²) < 4.78 is 0. The Morgan fingerprint density at radius 3 is 2.66 bits per heavy atom. The molecule has 0 radical (unpaired) electrons. The summed E-state index contributed by atoms with van der Waals surface area (Å²) in [6, 6.07) is 6.44. The number of aliphatic hydroxyl groups excluding tert-OH is 1. The third-order valence-corrected chi connectivity index (χ3v) is 12.0. The second-order valence-corrected chi connectivity index (χ2v) is 14.2. The number of carbonyl (C=O) groups excluding carboxylic acids is 2. The number of para-hydroxylation sites is 1. The van der Waals surface area contributed by atoms with Gasteiger partial charge in [0, 0.05) is 23.5 Å². The number of aliphatic carboxylic acids is 1. The molecule has 0 spiro atoms. The third-order valence-electron chi connectivity index (χ3n) is 12.0. The highest BCUT2D eigenvalue weighted by Crippen LogP contribution is 2.66. The number of nitrogens with zero attached hydrogens (tertiary/aromatic N) is 1. The summed E-state index contributed by atoms with van der Waals surface area (Å²) in [5.41, 5.74) is 3.05. The topological polar surface area (TPSA) is 153 Å². The zero-order valence-corrected chi connectivity index (χ0v) is 25.8. The van der Waals surface area contributed by atoms with Gasteiger partial charge in [-0.2, -0.15) is 0 Å². The molecule has 5 N–H and O–H groups in total. The third kappa shape index (κ3) is 5.73. The Balaban J connectivity index is 0.951. The Bertz CT molecular complexity index is 1440. The summed E-state index contributed by atoms with van der Waals surface area (Å²) in [5, 5.41) is 30.6. The fraction of sp³-hybridized carbons (Fsp3) is 0.647. The SMILES string of the molecule is C[C@]12CC/C(=N\OCC(=O)NCC(=O)N[C@H](Cc3c[nH]c4ccccc34)C(=O)O)C[C@H]1CC[C@@H]1[C@@H]2CC[C@]2(C)[C@H](O)CC[C@@H]12. The molecule has 4 aliphatic carbocycles. The molecule has 1 aromatic carbocycles. The molecule has 0 unspecified atom stereocenters. The molecule has 4 aliphatic rings. The number of aromatic amines is 1. The van der Waals surface area contributed by atoms with Gasteiger partial charge in [-0.1, -0.05) is 37.2 Å². The molecule has 238 valence electrons. The van der Waals surface area contributed by atoms with Crippen molar-refractivity contribution < 1.29 is 29.4 Å². The lowest BCUT2D eigenvalue weighted by molar-refractivity contribution is -0.141. The number of carboxylic acids is 1. The highest BCUT2D eigenvalue weighted by Gasteiger charge is 2.59. The van der Waals surface area contributed by atoms with Crippen LogP contribution in [0.4, 0.5) is 0 Å². The molecular weight excluding hydrogens is 560 g/mol. The molecule has 10 nitrogen and oxygen atoms in total. The van der Waals surface area contributed by atoms with E-state index in [0.717, 1.165) is 60.7 Å². The molecule has 4 fully saturated rings. The van der Waals surface area contributed by atoms with Gasteiger partial charge in [0.05, 0.1) is 18.4 Å². The highest BCUT2D eigenvalue weighted by molar-refractivity contribution is 5.89. The first-order chi connectivity index (χ1) is 21.1. The number of rotatable bonds is 9. The van der Waals surface area contributed by atoms with Gasteiger partial charge in [-0.05, 0) is 104 Å². The van der Waals surface area contributed by atoms with E-state index in [4.69, 9.17) is 4.84 Å². The fourth-order valence-corrected chi connectivity index (χ4v) is 9.49. The average molecular weight is 607 g/mol. The Morgan fingerprint density at radius 1 is 1.05 bits per heavy atom. The van der Waals surface area contributed by atoms with Gasteiger partial charge < -0.3 is 30.7 Å². The zero-order valence-electron chi connectivity index (χ0n) is 25.8. The Labute approximate surface area is 258 Å². The number of fused-ring (bicyclic) bond motifs is 6. The number of carbonyl (C=O) groups is 3. The van der Waals surface area contributed by atoms with Crippen LogP contribution in [-0.4, -0.2) is 64.0 Å². The van der Waals surface area contributed by atoms with Gasteiger partial charge in [0.15, 0.2) is 6.61 Å². The Morgan fingerprint density at radius 2 is 1.84 bits per heavy atom. The molecule has 0 bridgehead atoms. The van der Waals surface area contributed by atoms with Crippen LogP contribution in [0.5, 0.6) is 0 Å². The van der Waals surface area contributed by atoms with Crippen molar-refractivity contribution in [1.29, 1.82) is 0 Å². The summed E-state index contributed by atoms with van der Waals surface area (Å²) in [6.45, 7) is 4.15. The average Bonchev–Trinajstić information content (AvgIpc) is 3.55. The van der Waals surface area contributed by atoms with E-state index in [2.05, 4.69) is 34.6 Å². The molecule has 44 heavy (non-hydrogen) atoms. The van der Waals surface area contributed by atoms with Crippen molar-refractivity contribution in [3.63, 3.8) is 0 Å². The molecule has 1 aromatic heterocycles. The van der Waals surface area contributed by atoms with Crippen LogP contribution in [0.1, 0.15) is 77.2 Å². The molecule has 10 heteroatoms. The normalized spacial score (nSPS) is 34.4. The number of benzene rings is 1. The van der Waals surface area contributed by atoms with Gasteiger partial charge in [-0.25, -0.2) is 4.79 Å². The largest absolute Gasteiger partial charge is 0.480 e. The maximum atomic E-state index is 12.5. The highest BCUT2D eigenvalue weighted by atomic mass is 16.6. The van der Waals surface area contributed by atoms with Gasteiger partial charge in [0.1, 0.15) is 6.04 Å². The number of nitrogens with one attached hydrogen (secondary N) is 3. The Kier molecular flexibility index (Phi) is 8.48. The molecule has 2 amide bonds. The lowest BCUT2D eigenvalue weighted by Gasteiger charge is -2.60. The van der Waals surface area contributed by atoms with Crippen LogP contribution in [0.15, 0.2) is 35.6 Å². The molecule has 4 saturated carbocycles. The van der Waals surface area contributed by atoms with Crippen molar-refractivity contribution in [3.05, 3.63) is 36.0 Å². The van der Waals surface area contributed by atoms with E-state index in [-0.39, 0.29) is 36.5 Å². The number of aromatic nitrogens is 1. The summed E-state index contributed by atoms with van der Waals surface area (Å²) in [5.74, 6) is 0.383. The quantitative estimate of drug-likeness (QED) is 0.270.